The average molecular weight is 285 g/mol. The van der Waals surface area contributed by atoms with E-state index in [2.05, 4.69) is 13.0 Å². The van der Waals surface area contributed by atoms with Crippen molar-refractivity contribution < 1.29 is 8.42 Å². The van der Waals surface area contributed by atoms with E-state index in [1.807, 2.05) is 0 Å². The van der Waals surface area contributed by atoms with Gasteiger partial charge < -0.3 is 0 Å². The zero-order chi connectivity index (χ0) is 14.4. The Hall–Kier alpha value is -0.560. The molecule has 0 aliphatic heterocycles. The molecule has 0 aromatic rings. The summed E-state index contributed by atoms with van der Waals surface area (Å²) < 4.78 is 23.0. The Morgan fingerprint density at radius 1 is 1.26 bits per heavy atom. The van der Waals surface area contributed by atoms with Crippen molar-refractivity contribution >= 4 is 9.84 Å². The molecule has 19 heavy (non-hydrogen) atoms. The Kier molecular flexibility index (Phi) is 6.32. The Bertz CT molecular complexity index is 400. The van der Waals surface area contributed by atoms with Gasteiger partial charge in [0.05, 0.1) is 17.2 Å². The van der Waals surface area contributed by atoms with Crippen molar-refractivity contribution in [3.05, 3.63) is 0 Å². The van der Waals surface area contributed by atoms with E-state index in [0.29, 0.717) is 6.42 Å². The molecule has 0 heterocycles. The van der Waals surface area contributed by atoms with Crippen LogP contribution in [0.25, 0.3) is 0 Å². The number of hydrogen-bond donors (Lipinski definition) is 0. The molecule has 1 fully saturated rings. The first-order valence-corrected chi connectivity index (χ1v) is 9.41. The summed E-state index contributed by atoms with van der Waals surface area (Å²) in [4.78, 5) is 0. The highest BCUT2D eigenvalue weighted by Crippen LogP contribution is 2.43. The number of sulfone groups is 1. The summed E-state index contributed by atoms with van der Waals surface area (Å²) in [5.41, 5.74) is -0.243. The highest BCUT2D eigenvalue weighted by Gasteiger charge is 2.34. The standard InChI is InChI=1S/C15H27NO2S/c1-3-6-14-7-10-15(13-16,11-8-14)9-5-12-19(17,18)4-2/h14H,3-12H2,1-2H3. The molecule has 1 aliphatic rings. The second-order valence-corrected chi connectivity index (χ2v) is 8.44. The van der Waals surface area contributed by atoms with Gasteiger partial charge in [0.1, 0.15) is 9.84 Å². The van der Waals surface area contributed by atoms with Crippen molar-refractivity contribution in [2.45, 2.75) is 65.2 Å². The molecule has 1 aliphatic carbocycles. The minimum absolute atomic E-state index is 0.213. The summed E-state index contributed by atoms with van der Waals surface area (Å²) >= 11 is 0. The van der Waals surface area contributed by atoms with E-state index in [9.17, 15) is 13.7 Å². The van der Waals surface area contributed by atoms with E-state index in [-0.39, 0.29) is 16.9 Å². The quantitative estimate of drug-likeness (QED) is 0.716. The van der Waals surface area contributed by atoms with Gasteiger partial charge in [-0.2, -0.15) is 5.26 Å². The second-order valence-electron chi connectivity index (χ2n) is 5.96. The van der Waals surface area contributed by atoms with Gasteiger partial charge in [0.2, 0.25) is 0 Å². The third-order valence-electron chi connectivity index (χ3n) is 4.55. The van der Waals surface area contributed by atoms with Gasteiger partial charge in [0.15, 0.2) is 0 Å². The first kappa shape index (κ1) is 16.5. The van der Waals surface area contributed by atoms with E-state index in [1.54, 1.807) is 6.92 Å². The lowest BCUT2D eigenvalue weighted by Gasteiger charge is -2.35. The highest BCUT2D eigenvalue weighted by atomic mass is 32.2. The molecule has 0 bridgehead atoms. The van der Waals surface area contributed by atoms with Crippen LogP contribution < -0.4 is 0 Å². The van der Waals surface area contributed by atoms with E-state index >= 15 is 0 Å². The molecular weight excluding hydrogens is 258 g/mol. The molecule has 0 N–H and O–H groups in total. The van der Waals surface area contributed by atoms with Crippen LogP contribution in [-0.2, 0) is 9.84 Å². The SMILES string of the molecule is CCCC1CCC(C#N)(CCCS(=O)(=O)CC)CC1. The maximum Gasteiger partial charge on any atom is 0.150 e. The number of rotatable bonds is 7. The van der Waals surface area contributed by atoms with Crippen LogP contribution in [0.5, 0.6) is 0 Å². The van der Waals surface area contributed by atoms with Gasteiger partial charge in [-0.25, -0.2) is 8.42 Å². The van der Waals surface area contributed by atoms with Crippen LogP contribution in [0.3, 0.4) is 0 Å². The van der Waals surface area contributed by atoms with Gasteiger partial charge in [-0.05, 0) is 44.4 Å². The first-order valence-electron chi connectivity index (χ1n) is 7.58. The Labute approximate surface area is 118 Å². The van der Waals surface area contributed by atoms with Crippen LogP contribution >= 0.6 is 0 Å². The van der Waals surface area contributed by atoms with Crippen LogP contribution in [0.2, 0.25) is 0 Å². The van der Waals surface area contributed by atoms with E-state index in [4.69, 9.17) is 0 Å². The van der Waals surface area contributed by atoms with Gasteiger partial charge in [0, 0.05) is 5.75 Å². The van der Waals surface area contributed by atoms with Crippen LogP contribution in [0.4, 0.5) is 0 Å². The maximum atomic E-state index is 11.5. The summed E-state index contributed by atoms with van der Waals surface area (Å²) in [6, 6.07) is 2.49. The molecular formula is C15H27NO2S. The Balaban J connectivity index is 2.44. The van der Waals surface area contributed by atoms with Crippen LogP contribution in [0, 0.1) is 22.7 Å². The van der Waals surface area contributed by atoms with Crippen molar-refractivity contribution in [3.63, 3.8) is 0 Å². The molecule has 0 atom stereocenters. The fraction of sp³-hybridized carbons (Fsp3) is 0.933. The van der Waals surface area contributed by atoms with Crippen molar-refractivity contribution in [2.24, 2.45) is 11.3 Å². The maximum absolute atomic E-state index is 11.5. The molecule has 110 valence electrons. The zero-order valence-electron chi connectivity index (χ0n) is 12.3. The van der Waals surface area contributed by atoms with Crippen LogP contribution in [0.1, 0.15) is 65.2 Å². The fourth-order valence-electron chi connectivity index (χ4n) is 3.12. The molecule has 0 spiro atoms. The lowest BCUT2D eigenvalue weighted by Crippen LogP contribution is -2.27. The Morgan fingerprint density at radius 2 is 1.89 bits per heavy atom. The zero-order valence-corrected chi connectivity index (χ0v) is 13.1. The number of nitriles is 1. The minimum atomic E-state index is -2.88. The van der Waals surface area contributed by atoms with Crippen molar-refractivity contribution in [2.75, 3.05) is 11.5 Å². The number of hydrogen-bond acceptors (Lipinski definition) is 3. The summed E-state index contributed by atoms with van der Waals surface area (Å²) in [6.07, 6.45) is 8.08. The molecule has 0 radical (unpaired) electrons. The van der Waals surface area contributed by atoms with Crippen LogP contribution in [0.15, 0.2) is 0 Å². The Morgan fingerprint density at radius 3 is 2.37 bits per heavy atom. The second kappa shape index (κ2) is 7.28. The number of nitrogens with zero attached hydrogens (tertiary/aromatic N) is 1. The minimum Gasteiger partial charge on any atom is -0.229 e. The van der Waals surface area contributed by atoms with E-state index in [1.165, 1.54) is 12.8 Å². The third-order valence-corrected chi connectivity index (χ3v) is 6.34. The third kappa shape index (κ3) is 5.14. The van der Waals surface area contributed by atoms with Crippen molar-refractivity contribution in [1.29, 1.82) is 5.26 Å². The fourth-order valence-corrected chi connectivity index (χ4v) is 3.99. The van der Waals surface area contributed by atoms with Gasteiger partial charge in [0.25, 0.3) is 0 Å². The van der Waals surface area contributed by atoms with E-state index in [0.717, 1.165) is 38.0 Å². The predicted octanol–water partition coefficient (Wildman–Crippen LogP) is 3.70. The molecule has 0 aromatic carbocycles. The van der Waals surface area contributed by atoms with Gasteiger partial charge >= 0.3 is 0 Å². The van der Waals surface area contributed by atoms with Crippen molar-refractivity contribution in [3.8, 4) is 6.07 Å². The normalized spacial score (nSPS) is 27.9. The monoisotopic (exact) mass is 285 g/mol. The molecule has 0 unspecified atom stereocenters. The highest BCUT2D eigenvalue weighted by molar-refractivity contribution is 7.91. The lowest BCUT2D eigenvalue weighted by atomic mass is 9.68. The first-order chi connectivity index (χ1) is 8.97. The smallest absolute Gasteiger partial charge is 0.150 e. The summed E-state index contributed by atoms with van der Waals surface area (Å²) in [5.74, 6) is 1.24. The van der Waals surface area contributed by atoms with Crippen LogP contribution in [-0.4, -0.2) is 19.9 Å². The van der Waals surface area contributed by atoms with Gasteiger partial charge in [-0.15, -0.1) is 0 Å². The van der Waals surface area contributed by atoms with Gasteiger partial charge in [-0.1, -0.05) is 26.7 Å². The molecule has 0 saturated heterocycles. The molecule has 1 saturated carbocycles. The molecule has 0 aromatic heterocycles. The molecule has 1 rings (SSSR count). The molecule has 3 nitrogen and oxygen atoms in total. The van der Waals surface area contributed by atoms with Crippen molar-refractivity contribution in [1.82, 2.24) is 0 Å². The average Bonchev–Trinajstić information content (AvgIpc) is 2.41. The topological polar surface area (TPSA) is 57.9 Å². The lowest BCUT2D eigenvalue weighted by molar-refractivity contribution is 0.189. The summed E-state index contributed by atoms with van der Waals surface area (Å²) in [7, 11) is -2.88. The van der Waals surface area contributed by atoms with Gasteiger partial charge in [-0.3, -0.25) is 0 Å². The molecule has 4 heteroatoms. The molecule has 0 amide bonds. The van der Waals surface area contributed by atoms with E-state index < -0.39 is 9.84 Å². The summed E-state index contributed by atoms with van der Waals surface area (Å²) in [6.45, 7) is 3.90. The summed E-state index contributed by atoms with van der Waals surface area (Å²) in [5, 5.41) is 9.44. The largest absolute Gasteiger partial charge is 0.229 e. The predicted molar refractivity (Wildman–Crippen MR) is 78.5 cm³/mol.